The van der Waals surface area contributed by atoms with Crippen molar-refractivity contribution in [2.75, 3.05) is 20.1 Å². The van der Waals surface area contributed by atoms with Gasteiger partial charge in [-0.25, -0.2) is 0 Å². The first-order valence-corrected chi connectivity index (χ1v) is 6.39. The molecule has 1 unspecified atom stereocenters. The summed E-state index contributed by atoms with van der Waals surface area (Å²) >= 11 is 0. The van der Waals surface area contributed by atoms with E-state index in [9.17, 15) is 0 Å². The fourth-order valence-corrected chi connectivity index (χ4v) is 2.02. The van der Waals surface area contributed by atoms with Crippen LogP contribution in [-0.4, -0.2) is 25.0 Å². The number of hydrogen-bond donors (Lipinski definition) is 0. The van der Waals surface area contributed by atoms with Crippen LogP contribution in [0.1, 0.15) is 59.3 Å². The Labute approximate surface area is 90.9 Å². The lowest BCUT2D eigenvalue weighted by Gasteiger charge is -2.20. The fraction of sp³-hybridized carbons (Fsp3) is 1.00. The van der Waals surface area contributed by atoms with E-state index >= 15 is 0 Å². The van der Waals surface area contributed by atoms with Crippen molar-refractivity contribution in [3.63, 3.8) is 0 Å². The van der Waals surface area contributed by atoms with Gasteiger partial charge in [0.1, 0.15) is 0 Å². The third-order valence-electron chi connectivity index (χ3n) is 2.78. The Bertz CT molecular complexity index is 112. The first-order chi connectivity index (χ1) is 6.70. The highest BCUT2D eigenvalue weighted by atomic mass is 15.1. The lowest BCUT2D eigenvalue weighted by Crippen LogP contribution is -2.25. The molecule has 0 amide bonds. The zero-order valence-corrected chi connectivity index (χ0v) is 10.7. The van der Waals surface area contributed by atoms with Crippen LogP contribution in [0.5, 0.6) is 0 Å². The summed E-state index contributed by atoms with van der Waals surface area (Å²) in [6, 6.07) is 0. The maximum absolute atomic E-state index is 2.46. The van der Waals surface area contributed by atoms with Gasteiger partial charge in [0.2, 0.25) is 0 Å². The predicted molar refractivity (Wildman–Crippen MR) is 65.7 cm³/mol. The highest BCUT2D eigenvalue weighted by molar-refractivity contribution is 4.59. The summed E-state index contributed by atoms with van der Waals surface area (Å²) in [7, 11) is 2.24. The molecule has 0 aromatic rings. The maximum atomic E-state index is 2.46. The van der Waals surface area contributed by atoms with Crippen LogP contribution in [0.15, 0.2) is 0 Å². The van der Waals surface area contributed by atoms with Crippen LogP contribution < -0.4 is 0 Å². The molecule has 0 bridgehead atoms. The van der Waals surface area contributed by atoms with E-state index in [1.54, 1.807) is 0 Å². The maximum Gasteiger partial charge on any atom is 0.000397 e. The van der Waals surface area contributed by atoms with Crippen LogP contribution in [0.3, 0.4) is 0 Å². The summed E-state index contributed by atoms with van der Waals surface area (Å²) in [5.41, 5.74) is 0. The molecule has 86 valence electrons. The van der Waals surface area contributed by atoms with Crippen molar-refractivity contribution in [2.45, 2.75) is 59.3 Å². The van der Waals surface area contributed by atoms with E-state index in [1.165, 1.54) is 51.6 Å². The molecule has 14 heavy (non-hydrogen) atoms. The van der Waals surface area contributed by atoms with Gasteiger partial charge in [0.15, 0.2) is 0 Å². The van der Waals surface area contributed by atoms with Crippen LogP contribution in [0.25, 0.3) is 0 Å². The van der Waals surface area contributed by atoms with Gasteiger partial charge < -0.3 is 4.90 Å². The zero-order valence-electron chi connectivity index (χ0n) is 10.7. The third kappa shape index (κ3) is 8.55. The van der Waals surface area contributed by atoms with Gasteiger partial charge in [-0.1, -0.05) is 46.5 Å². The first kappa shape index (κ1) is 14.0. The summed E-state index contributed by atoms with van der Waals surface area (Å²) in [6.07, 6.45) is 8.31. The minimum atomic E-state index is 0.878. The average Bonchev–Trinajstić information content (AvgIpc) is 2.13. The third-order valence-corrected chi connectivity index (χ3v) is 2.78. The normalized spacial score (nSPS) is 13.5. The highest BCUT2D eigenvalue weighted by Crippen LogP contribution is 2.11. The Kier molecular flexibility index (Phi) is 9.49. The molecule has 0 spiro atoms. The van der Waals surface area contributed by atoms with E-state index in [2.05, 4.69) is 32.7 Å². The lowest BCUT2D eigenvalue weighted by atomic mass is 10.0. The van der Waals surface area contributed by atoms with Crippen LogP contribution in [0.4, 0.5) is 0 Å². The molecule has 0 radical (unpaired) electrons. The minimum Gasteiger partial charge on any atom is -0.306 e. The zero-order chi connectivity index (χ0) is 10.8. The van der Waals surface area contributed by atoms with E-state index in [0.29, 0.717) is 0 Å². The molecule has 0 aromatic carbocycles. The average molecular weight is 199 g/mol. The summed E-state index contributed by atoms with van der Waals surface area (Å²) in [5.74, 6) is 0.878. The van der Waals surface area contributed by atoms with E-state index in [0.717, 1.165) is 5.92 Å². The molecule has 0 aliphatic heterocycles. The van der Waals surface area contributed by atoms with Crippen LogP contribution >= 0.6 is 0 Å². The monoisotopic (exact) mass is 199 g/mol. The smallest absolute Gasteiger partial charge is 0.000397 e. The van der Waals surface area contributed by atoms with Gasteiger partial charge in [0.25, 0.3) is 0 Å². The molecule has 1 atom stereocenters. The first-order valence-electron chi connectivity index (χ1n) is 6.39. The Morgan fingerprint density at radius 3 is 2.29 bits per heavy atom. The molecule has 1 nitrogen and oxygen atoms in total. The van der Waals surface area contributed by atoms with Crippen molar-refractivity contribution < 1.29 is 0 Å². The van der Waals surface area contributed by atoms with Gasteiger partial charge in [-0.15, -0.1) is 0 Å². The standard InChI is InChI=1S/C13H29N/c1-5-7-8-9-10-13(3)12-14(4)11-6-2/h13H,5-12H2,1-4H3. The van der Waals surface area contributed by atoms with E-state index in [-0.39, 0.29) is 0 Å². The Morgan fingerprint density at radius 1 is 1.00 bits per heavy atom. The molecular formula is C13H29N. The molecule has 0 aliphatic carbocycles. The van der Waals surface area contributed by atoms with E-state index < -0.39 is 0 Å². The molecule has 0 rings (SSSR count). The van der Waals surface area contributed by atoms with Gasteiger partial charge >= 0.3 is 0 Å². The molecule has 0 saturated carbocycles. The Hall–Kier alpha value is -0.0400. The van der Waals surface area contributed by atoms with Crippen molar-refractivity contribution >= 4 is 0 Å². The van der Waals surface area contributed by atoms with Gasteiger partial charge in [-0.2, -0.15) is 0 Å². The van der Waals surface area contributed by atoms with E-state index in [4.69, 9.17) is 0 Å². The molecular weight excluding hydrogens is 170 g/mol. The summed E-state index contributed by atoms with van der Waals surface area (Å²) in [5, 5.41) is 0. The van der Waals surface area contributed by atoms with Gasteiger partial charge in [-0.3, -0.25) is 0 Å². The van der Waals surface area contributed by atoms with Crippen LogP contribution in [0.2, 0.25) is 0 Å². The summed E-state index contributed by atoms with van der Waals surface area (Å²) < 4.78 is 0. The second-order valence-corrected chi connectivity index (χ2v) is 4.72. The van der Waals surface area contributed by atoms with Crippen LogP contribution in [0, 0.1) is 5.92 Å². The summed E-state index contributed by atoms with van der Waals surface area (Å²) in [4.78, 5) is 2.46. The number of rotatable bonds is 9. The summed E-state index contributed by atoms with van der Waals surface area (Å²) in [6.45, 7) is 9.44. The molecule has 0 aromatic heterocycles. The molecule has 0 saturated heterocycles. The van der Waals surface area contributed by atoms with Crippen LogP contribution in [-0.2, 0) is 0 Å². The largest absolute Gasteiger partial charge is 0.306 e. The number of hydrogen-bond acceptors (Lipinski definition) is 1. The number of unbranched alkanes of at least 4 members (excludes halogenated alkanes) is 3. The second kappa shape index (κ2) is 9.51. The van der Waals surface area contributed by atoms with Gasteiger partial charge in [0.05, 0.1) is 0 Å². The van der Waals surface area contributed by atoms with Gasteiger partial charge in [-0.05, 0) is 32.4 Å². The van der Waals surface area contributed by atoms with Crippen molar-refractivity contribution in [2.24, 2.45) is 5.92 Å². The van der Waals surface area contributed by atoms with Crippen molar-refractivity contribution in [1.29, 1.82) is 0 Å². The fourth-order valence-electron chi connectivity index (χ4n) is 2.02. The molecule has 0 heterocycles. The van der Waals surface area contributed by atoms with Crippen molar-refractivity contribution in [3.05, 3.63) is 0 Å². The van der Waals surface area contributed by atoms with E-state index in [1.807, 2.05) is 0 Å². The topological polar surface area (TPSA) is 3.24 Å². The Morgan fingerprint density at radius 2 is 1.71 bits per heavy atom. The SMILES string of the molecule is CCCCCCC(C)CN(C)CCC. The molecule has 0 fully saturated rings. The molecule has 0 aliphatic rings. The predicted octanol–water partition coefficient (Wildman–Crippen LogP) is 3.93. The van der Waals surface area contributed by atoms with Crippen molar-refractivity contribution in [1.82, 2.24) is 4.90 Å². The second-order valence-electron chi connectivity index (χ2n) is 4.72. The highest BCUT2D eigenvalue weighted by Gasteiger charge is 2.04. The number of nitrogens with zero attached hydrogens (tertiary/aromatic N) is 1. The minimum absolute atomic E-state index is 0.878. The Balaban J connectivity index is 3.30. The molecule has 1 heteroatoms. The molecule has 0 N–H and O–H groups in total. The quantitative estimate of drug-likeness (QED) is 0.508. The lowest BCUT2D eigenvalue weighted by molar-refractivity contribution is 0.275. The van der Waals surface area contributed by atoms with Gasteiger partial charge in [0, 0.05) is 6.54 Å². The van der Waals surface area contributed by atoms with Crippen molar-refractivity contribution in [3.8, 4) is 0 Å².